The van der Waals surface area contributed by atoms with E-state index in [-0.39, 0.29) is 11.8 Å². The fourth-order valence-electron chi connectivity index (χ4n) is 1.33. The molecule has 1 atom stereocenters. The molecule has 0 aliphatic heterocycles. The van der Waals surface area contributed by atoms with Gasteiger partial charge in [0.05, 0.1) is 12.6 Å². The van der Waals surface area contributed by atoms with Crippen LogP contribution in [0.25, 0.3) is 0 Å². The van der Waals surface area contributed by atoms with Crippen LogP contribution in [0.2, 0.25) is 0 Å². The van der Waals surface area contributed by atoms with Gasteiger partial charge in [-0.25, -0.2) is 0 Å². The molecule has 0 N–H and O–H groups in total. The second kappa shape index (κ2) is 5.32. The summed E-state index contributed by atoms with van der Waals surface area (Å²) < 4.78 is 5.32. The van der Waals surface area contributed by atoms with Gasteiger partial charge in [-0.15, -0.1) is 0 Å². The minimum Gasteiger partial charge on any atom is -0.361 e. The van der Waals surface area contributed by atoms with E-state index in [2.05, 4.69) is 4.99 Å². The average molecular weight is 226 g/mol. The molecule has 1 aliphatic carbocycles. The van der Waals surface area contributed by atoms with E-state index < -0.39 is 17.7 Å². The largest absolute Gasteiger partial charge is 0.361 e. The van der Waals surface area contributed by atoms with Gasteiger partial charge in [0.2, 0.25) is 11.6 Å². The van der Waals surface area contributed by atoms with Crippen LogP contribution in [0.15, 0.2) is 4.99 Å². The Hall–Kier alpha value is -1.07. The van der Waals surface area contributed by atoms with Crippen LogP contribution >= 0.6 is 0 Å². The molecule has 0 heterocycles. The third kappa shape index (κ3) is 2.96. The van der Waals surface area contributed by atoms with E-state index in [1.54, 1.807) is 0 Å². The third-order valence-electron chi connectivity index (χ3n) is 2.18. The van der Waals surface area contributed by atoms with Crippen molar-refractivity contribution in [3.8, 4) is 0 Å². The highest BCUT2D eigenvalue weighted by Crippen LogP contribution is 2.14. The molecule has 1 fully saturated rings. The molecule has 1 aliphatic rings. The first-order valence-corrected chi connectivity index (χ1v) is 5.36. The first-order chi connectivity index (χ1) is 7.43. The molecule has 5 nitrogen and oxygen atoms in total. The number of likely N-dealkylation sites (N-methyl/N-ethyl adjacent to an activating group) is 1. The first kappa shape index (κ1) is 13.0. The highest BCUT2D eigenvalue weighted by Gasteiger charge is 2.47. The van der Waals surface area contributed by atoms with Gasteiger partial charge in [0.15, 0.2) is 6.10 Å². The number of carbonyl (C=O) groups is 2. The van der Waals surface area contributed by atoms with Crippen molar-refractivity contribution in [1.29, 1.82) is 0 Å². The molecule has 1 rings (SSSR count). The molecule has 1 saturated carbocycles. The fourth-order valence-corrected chi connectivity index (χ4v) is 1.33. The Morgan fingerprint density at radius 2 is 2.00 bits per heavy atom. The molecule has 0 bridgehead atoms. The van der Waals surface area contributed by atoms with Crippen LogP contribution in [-0.4, -0.2) is 61.6 Å². The number of ether oxygens (including phenoxy) is 1. The smallest absolute Gasteiger partial charge is 0.248 e. The Morgan fingerprint density at radius 3 is 2.50 bits per heavy atom. The number of ketones is 2. The van der Waals surface area contributed by atoms with Gasteiger partial charge in [0, 0.05) is 6.54 Å². The third-order valence-corrected chi connectivity index (χ3v) is 2.18. The maximum absolute atomic E-state index is 11.3. The molecule has 0 saturated heterocycles. The number of rotatable bonds is 5. The first-order valence-electron chi connectivity index (χ1n) is 5.36. The Balaban J connectivity index is 2.56. The summed E-state index contributed by atoms with van der Waals surface area (Å²) in [7, 11) is 3.85. The van der Waals surface area contributed by atoms with Crippen molar-refractivity contribution in [3.63, 3.8) is 0 Å². The van der Waals surface area contributed by atoms with Crippen molar-refractivity contribution >= 4 is 17.3 Å². The highest BCUT2D eigenvalue weighted by molar-refractivity contribution is 6.79. The number of hydrogen-bond donors (Lipinski definition) is 0. The summed E-state index contributed by atoms with van der Waals surface area (Å²) in [5.41, 5.74) is 0.278. The van der Waals surface area contributed by atoms with E-state index in [1.807, 2.05) is 32.8 Å². The summed E-state index contributed by atoms with van der Waals surface area (Å²) in [4.78, 5) is 28.6. The monoisotopic (exact) mass is 226 g/mol. The quantitative estimate of drug-likeness (QED) is 0.616. The lowest BCUT2D eigenvalue weighted by atomic mass is 9.89. The Bertz CT molecular complexity index is 321. The highest BCUT2D eigenvalue weighted by atomic mass is 16.5. The molecule has 0 aromatic rings. The minimum absolute atomic E-state index is 0.0823. The Labute approximate surface area is 95.5 Å². The van der Waals surface area contributed by atoms with Crippen LogP contribution in [0.5, 0.6) is 0 Å². The molecular formula is C11H18N2O3. The van der Waals surface area contributed by atoms with Crippen molar-refractivity contribution in [2.45, 2.75) is 26.1 Å². The minimum atomic E-state index is -0.727. The SMILES string of the molecule is CC(C)OC1C(=O)C(=O)C1=NCCN(C)C. The zero-order chi connectivity index (χ0) is 12.3. The van der Waals surface area contributed by atoms with Crippen molar-refractivity contribution in [2.24, 2.45) is 4.99 Å². The van der Waals surface area contributed by atoms with Gasteiger partial charge in [-0.05, 0) is 27.9 Å². The maximum Gasteiger partial charge on any atom is 0.248 e. The van der Waals surface area contributed by atoms with Crippen LogP contribution < -0.4 is 0 Å². The van der Waals surface area contributed by atoms with Gasteiger partial charge in [-0.2, -0.15) is 0 Å². The molecular weight excluding hydrogens is 208 g/mol. The summed E-state index contributed by atoms with van der Waals surface area (Å²) in [5, 5.41) is 0. The van der Waals surface area contributed by atoms with Gasteiger partial charge >= 0.3 is 0 Å². The summed E-state index contributed by atoms with van der Waals surface area (Å²) >= 11 is 0. The van der Waals surface area contributed by atoms with Gasteiger partial charge in [-0.1, -0.05) is 0 Å². The molecule has 0 aromatic heterocycles. The van der Waals surface area contributed by atoms with Crippen LogP contribution in [0, 0.1) is 0 Å². The van der Waals surface area contributed by atoms with Crippen LogP contribution in [0.1, 0.15) is 13.8 Å². The van der Waals surface area contributed by atoms with Crippen LogP contribution in [0.3, 0.4) is 0 Å². The lowest BCUT2D eigenvalue weighted by Gasteiger charge is -2.27. The Morgan fingerprint density at radius 1 is 1.38 bits per heavy atom. The number of hydrogen-bond acceptors (Lipinski definition) is 5. The molecule has 1 unspecified atom stereocenters. The van der Waals surface area contributed by atoms with Crippen molar-refractivity contribution < 1.29 is 14.3 Å². The van der Waals surface area contributed by atoms with Gasteiger partial charge < -0.3 is 9.64 Å². The average Bonchev–Trinajstić information content (AvgIpc) is 2.20. The standard InChI is InChI=1S/C11H18N2O3/c1-7(2)16-11-8(9(14)10(11)15)12-5-6-13(3)4/h7,11H,5-6H2,1-4H3. The number of aliphatic imine (C=N–C) groups is 1. The summed E-state index contributed by atoms with van der Waals surface area (Å²) in [5.74, 6) is -0.971. The molecule has 0 amide bonds. The van der Waals surface area contributed by atoms with E-state index in [4.69, 9.17) is 4.74 Å². The summed E-state index contributed by atoms with van der Waals surface area (Å²) in [6.45, 7) is 4.92. The molecule has 90 valence electrons. The lowest BCUT2D eigenvalue weighted by molar-refractivity contribution is -0.144. The van der Waals surface area contributed by atoms with Crippen molar-refractivity contribution in [2.75, 3.05) is 27.2 Å². The van der Waals surface area contributed by atoms with Gasteiger partial charge in [0.1, 0.15) is 5.71 Å². The van der Waals surface area contributed by atoms with Gasteiger partial charge in [0.25, 0.3) is 0 Å². The van der Waals surface area contributed by atoms with E-state index in [9.17, 15) is 9.59 Å². The summed E-state index contributed by atoms with van der Waals surface area (Å²) in [6.07, 6.45) is -0.809. The molecule has 5 heteroatoms. The predicted octanol–water partition coefficient (Wildman–Crippen LogP) is -0.0656. The number of carbonyl (C=O) groups excluding carboxylic acids is 2. The predicted molar refractivity (Wildman–Crippen MR) is 60.9 cm³/mol. The second-order valence-electron chi connectivity index (χ2n) is 4.33. The van der Waals surface area contributed by atoms with Crippen LogP contribution in [0.4, 0.5) is 0 Å². The Kier molecular flexibility index (Phi) is 4.32. The molecule has 16 heavy (non-hydrogen) atoms. The van der Waals surface area contributed by atoms with Crippen molar-refractivity contribution in [1.82, 2.24) is 4.90 Å². The van der Waals surface area contributed by atoms with Crippen molar-refractivity contribution in [3.05, 3.63) is 0 Å². The molecule has 0 radical (unpaired) electrons. The fraction of sp³-hybridized carbons (Fsp3) is 0.727. The number of nitrogens with zero attached hydrogens (tertiary/aromatic N) is 2. The van der Waals surface area contributed by atoms with E-state index in [0.29, 0.717) is 6.54 Å². The zero-order valence-electron chi connectivity index (χ0n) is 10.2. The topological polar surface area (TPSA) is 59.0 Å². The lowest BCUT2D eigenvalue weighted by Crippen LogP contribution is -2.56. The number of Topliss-reactive ketones (excluding diaryl/α,β-unsaturated/α-hetero) is 2. The van der Waals surface area contributed by atoms with E-state index in [0.717, 1.165) is 6.54 Å². The van der Waals surface area contributed by atoms with E-state index in [1.165, 1.54) is 0 Å². The second-order valence-corrected chi connectivity index (χ2v) is 4.33. The zero-order valence-corrected chi connectivity index (χ0v) is 10.2. The van der Waals surface area contributed by atoms with Crippen LogP contribution in [-0.2, 0) is 14.3 Å². The maximum atomic E-state index is 11.3. The van der Waals surface area contributed by atoms with Gasteiger partial charge in [-0.3, -0.25) is 14.6 Å². The molecule has 0 aromatic carbocycles. The van der Waals surface area contributed by atoms with E-state index >= 15 is 0 Å². The normalized spacial score (nSPS) is 23.4. The molecule has 0 spiro atoms. The summed E-state index contributed by atoms with van der Waals surface area (Å²) in [6, 6.07) is 0.